The van der Waals surface area contributed by atoms with Crippen molar-refractivity contribution in [3.8, 4) is 0 Å². The number of carbonyl (C=O) groups excluding carboxylic acids is 1. The normalized spacial score (nSPS) is 19.4. The molecule has 4 nitrogen and oxygen atoms in total. The molecule has 2 rings (SSSR count). The van der Waals surface area contributed by atoms with Crippen LogP contribution < -0.4 is 0 Å². The molecule has 1 aliphatic carbocycles. The molecule has 1 aromatic rings. The smallest absolute Gasteiger partial charge is 0.234 e. The third-order valence-corrected chi connectivity index (χ3v) is 4.17. The highest BCUT2D eigenvalue weighted by atomic mass is 16.5. The van der Waals surface area contributed by atoms with Crippen LogP contribution in [-0.2, 0) is 11.2 Å². The average Bonchev–Trinajstić information content (AvgIpc) is 2.76. The molecule has 20 heavy (non-hydrogen) atoms. The lowest BCUT2D eigenvalue weighted by Crippen LogP contribution is -2.20. The second kappa shape index (κ2) is 6.06. The first-order valence-corrected chi connectivity index (χ1v) is 7.70. The molecule has 0 unspecified atom stereocenters. The number of hydrogen-bond donors (Lipinski definition) is 0. The molecule has 0 radical (unpaired) electrons. The van der Waals surface area contributed by atoms with E-state index in [0.29, 0.717) is 29.6 Å². The van der Waals surface area contributed by atoms with Crippen LogP contribution in [-0.4, -0.2) is 15.9 Å². The summed E-state index contributed by atoms with van der Waals surface area (Å²) in [6.07, 6.45) is 5.50. The molecule has 0 aromatic carbocycles. The molecule has 0 amide bonds. The molecule has 0 bridgehead atoms. The lowest BCUT2D eigenvalue weighted by atomic mass is 9.73. The van der Waals surface area contributed by atoms with Gasteiger partial charge in [-0.25, -0.2) is 0 Å². The van der Waals surface area contributed by atoms with Gasteiger partial charge < -0.3 is 4.52 Å². The first-order valence-electron chi connectivity index (χ1n) is 7.70. The van der Waals surface area contributed by atoms with Gasteiger partial charge >= 0.3 is 0 Å². The Morgan fingerprint density at radius 2 is 2.00 bits per heavy atom. The third kappa shape index (κ3) is 4.15. The van der Waals surface area contributed by atoms with Crippen molar-refractivity contribution >= 4 is 5.78 Å². The number of Topliss-reactive ketones (excluding diaryl/α,β-unsaturated/α-hetero) is 1. The molecule has 1 fully saturated rings. The van der Waals surface area contributed by atoms with Gasteiger partial charge in [0.2, 0.25) is 5.89 Å². The molecule has 112 valence electrons. The minimum Gasteiger partial charge on any atom is -0.339 e. The first kappa shape index (κ1) is 15.2. The van der Waals surface area contributed by atoms with Gasteiger partial charge in [-0.3, -0.25) is 4.79 Å². The van der Waals surface area contributed by atoms with E-state index in [2.05, 4.69) is 24.0 Å². The molecule has 1 saturated carbocycles. The van der Waals surface area contributed by atoms with Gasteiger partial charge in [0.1, 0.15) is 5.78 Å². The van der Waals surface area contributed by atoms with E-state index >= 15 is 0 Å². The van der Waals surface area contributed by atoms with Crippen LogP contribution in [0.5, 0.6) is 0 Å². The van der Waals surface area contributed by atoms with Crippen LogP contribution in [0, 0.1) is 11.3 Å². The summed E-state index contributed by atoms with van der Waals surface area (Å²) in [6.45, 7) is 8.72. The van der Waals surface area contributed by atoms with Gasteiger partial charge in [0.15, 0.2) is 5.82 Å². The second-order valence-corrected chi connectivity index (χ2v) is 7.30. The van der Waals surface area contributed by atoms with Crippen LogP contribution in [0.15, 0.2) is 4.52 Å². The summed E-state index contributed by atoms with van der Waals surface area (Å²) in [4.78, 5) is 16.2. The van der Waals surface area contributed by atoms with E-state index in [1.54, 1.807) is 0 Å². The molecule has 1 aliphatic rings. The van der Waals surface area contributed by atoms with E-state index in [-0.39, 0.29) is 12.2 Å². The Hall–Kier alpha value is -1.19. The predicted molar refractivity (Wildman–Crippen MR) is 77.5 cm³/mol. The molecule has 0 aliphatic heterocycles. The van der Waals surface area contributed by atoms with Crippen LogP contribution in [0.3, 0.4) is 0 Å². The number of aromatic nitrogens is 2. The van der Waals surface area contributed by atoms with Gasteiger partial charge in [0.05, 0.1) is 6.42 Å². The van der Waals surface area contributed by atoms with Crippen LogP contribution in [0.1, 0.15) is 77.4 Å². The first-order chi connectivity index (χ1) is 9.35. The highest BCUT2D eigenvalue weighted by molar-refractivity contribution is 5.80. The highest BCUT2D eigenvalue weighted by Gasteiger charge is 2.30. The van der Waals surface area contributed by atoms with Gasteiger partial charge in [-0.2, -0.15) is 4.98 Å². The molecule has 4 heteroatoms. The highest BCUT2D eigenvalue weighted by Crippen LogP contribution is 2.41. The minimum absolute atomic E-state index is 0.181. The van der Waals surface area contributed by atoms with E-state index in [4.69, 9.17) is 4.52 Å². The Kier molecular flexibility index (Phi) is 4.61. The molecule has 1 aromatic heterocycles. The Morgan fingerprint density at radius 1 is 1.35 bits per heavy atom. The van der Waals surface area contributed by atoms with Crippen molar-refractivity contribution in [1.82, 2.24) is 10.1 Å². The molecular weight excluding hydrogens is 252 g/mol. The standard InChI is InChI=1S/C16H26N2O2/c1-11(2)9-13(19)10-14-17-15(18-20-14)12-5-7-16(3,4)8-6-12/h11-12H,5-10H2,1-4H3. The van der Waals surface area contributed by atoms with Crippen LogP contribution >= 0.6 is 0 Å². The fraction of sp³-hybridized carbons (Fsp3) is 0.812. The summed E-state index contributed by atoms with van der Waals surface area (Å²) in [5.41, 5.74) is 0.441. The van der Waals surface area contributed by atoms with Gasteiger partial charge in [-0.05, 0) is 37.0 Å². The molecule has 0 atom stereocenters. The fourth-order valence-corrected chi connectivity index (χ4v) is 2.86. The van der Waals surface area contributed by atoms with Crippen LogP contribution in [0.2, 0.25) is 0 Å². The Labute approximate surface area is 121 Å². The number of hydrogen-bond acceptors (Lipinski definition) is 4. The van der Waals surface area contributed by atoms with Crippen molar-refractivity contribution in [2.75, 3.05) is 0 Å². The number of rotatable bonds is 5. The zero-order valence-electron chi connectivity index (χ0n) is 13.1. The Balaban J connectivity index is 1.91. The van der Waals surface area contributed by atoms with Crippen LogP contribution in [0.4, 0.5) is 0 Å². The molecule has 0 saturated heterocycles. The van der Waals surface area contributed by atoms with Crippen molar-refractivity contribution in [3.63, 3.8) is 0 Å². The lowest BCUT2D eigenvalue weighted by molar-refractivity contribution is -0.119. The molecule has 0 spiro atoms. The minimum atomic E-state index is 0.181. The molecule has 0 N–H and O–H groups in total. The molecule has 1 heterocycles. The monoisotopic (exact) mass is 278 g/mol. The summed E-state index contributed by atoms with van der Waals surface area (Å²) in [7, 11) is 0. The number of nitrogens with zero attached hydrogens (tertiary/aromatic N) is 2. The van der Waals surface area contributed by atoms with Crippen molar-refractivity contribution in [1.29, 1.82) is 0 Å². The van der Waals surface area contributed by atoms with Gasteiger partial charge in [0, 0.05) is 12.3 Å². The second-order valence-electron chi connectivity index (χ2n) is 7.30. The van der Waals surface area contributed by atoms with Crippen molar-refractivity contribution < 1.29 is 9.32 Å². The zero-order valence-corrected chi connectivity index (χ0v) is 13.1. The maximum atomic E-state index is 11.8. The Bertz CT molecular complexity index is 453. The van der Waals surface area contributed by atoms with E-state index in [9.17, 15) is 4.79 Å². The third-order valence-electron chi connectivity index (χ3n) is 4.17. The predicted octanol–water partition coefficient (Wildman–Crippen LogP) is 3.91. The number of carbonyl (C=O) groups is 1. The quantitative estimate of drug-likeness (QED) is 0.819. The summed E-state index contributed by atoms with van der Waals surface area (Å²) in [6, 6.07) is 0. The van der Waals surface area contributed by atoms with Crippen molar-refractivity contribution in [3.05, 3.63) is 11.7 Å². The topological polar surface area (TPSA) is 56.0 Å². The van der Waals surface area contributed by atoms with Crippen LogP contribution in [0.25, 0.3) is 0 Å². The lowest BCUT2D eigenvalue weighted by Gasteiger charge is -2.32. The maximum absolute atomic E-state index is 11.8. The van der Waals surface area contributed by atoms with Gasteiger partial charge in [-0.1, -0.05) is 32.9 Å². The summed E-state index contributed by atoms with van der Waals surface area (Å²) >= 11 is 0. The summed E-state index contributed by atoms with van der Waals surface area (Å²) in [5.74, 6) is 2.24. The van der Waals surface area contributed by atoms with Crippen molar-refractivity contribution in [2.24, 2.45) is 11.3 Å². The zero-order chi connectivity index (χ0) is 14.8. The fourth-order valence-electron chi connectivity index (χ4n) is 2.86. The van der Waals surface area contributed by atoms with E-state index in [1.165, 1.54) is 12.8 Å². The largest absolute Gasteiger partial charge is 0.339 e. The van der Waals surface area contributed by atoms with Crippen molar-refractivity contribution in [2.45, 2.75) is 72.1 Å². The SMILES string of the molecule is CC(C)CC(=O)Cc1nc(C2CCC(C)(C)CC2)no1. The van der Waals surface area contributed by atoms with E-state index in [1.807, 2.05) is 13.8 Å². The summed E-state index contributed by atoms with van der Waals surface area (Å²) < 4.78 is 5.24. The Morgan fingerprint density at radius 3 is 2.60 bits per heavy atom. The number of ketones is 1. The van der Waals surface area contributed by atoms with E-state index in [0.717, 1.165) is 18.7 Å². The van der Waals surface area contributed by atoms with E-state index < -0.39 is 0 Å². The van der Waals surface area contributed by atoms with Gasteiger partial charge in [0.25, 0.3) is 0 Å². The van der Waals surface area contributed by atoms with Gasteiger partial charge in [-0.15, -0.1) is 0 Å². The average molecular weight is 278 g/mol. The molecular formula is C16H26N2O2. The maximum Gasteiger partial charge on any atom is 0.234 e. The summed E-state index contributed by atoms with van der Waals surface area (Å²) in [5, 5.41) is 4.08.